The van der Waals surface area contributed by atoms with E-state index in [4.69, 9.17) is 9.47 Å². The van der Waals surface area contributed by atoms with Crippen molar-refractivity contribution in [3.05, 3.63) is 94.6 Å². The molecule has 0 aromatic heterocycles. The molecule has 11 heteroatoms. The van der Waals surface area contributed by atoms with Gasteiger partial charge in [0.25, 0.3) is 11.0 Å². The molecule has 0 aliphatic heterocycles. The largest absolute Gasteiger partial charge is 0.487 e. The number of hydrogen-bond acceptors (Lipinski definition) is 8. The maximum Gasteiger partial charge on any atom is 0.311 e. The molecule has 2 aromatic rings. The number of aliphatic hydroxyl groups excluding tert-OH is 2. The second kappa shape index (κ2) is 15.1. The van der Waals surface area contributed by atoms with Crippen LogP contribution in [-0.2, 0) is 16.2 Å². The number of aliphatic hydroxyl groups is 2. The number of alkyl halides is 2. The zero-order valence-corrected chi connectivity index (χ0v) is 21.8. The monoisotopic (exact) mass is 561 g/mol. The number of ether oxygens (including phenoxy) is 2. The zero-order chi connectivity index (χ0) is 29.0. The van der Waals surface area contributed by atoms with E-state index in [0.717, 1.165) is 6.08 Å². The predicted octanol–water partition coefficient (Wildman–Crippen LogP) is 5.05. The van der Waals surface area contributed by atoms with Crippen LogP contribution in [0.4, 0.5) is 8.78 Å². The molecule has 0 saturated heterocycles. The number of hydrogen-bond donors (Lipinski definition) is 2. The molecule has 2 N–H and O–H groups in total. The molecule has 0 bridgehead atoms. The van der Waals surface area contributed by atoms with Crippen LogP contribution in [-0.4, -0.2) is 46.0 Å². The molecule has 0 amide bonds. The minimum Gasteiger partial charge on any atom is -0.487 e. The van der Waals surface area contributed by atoms with E-state index >= 15 is 0 Å². The van der Waals surface area contributed by atoms with Gasteiger partial charge in [-0.1, -0.05) is 54.6 Å². The van der Waals surface area contributed by atoms with Crippen molar-refractivity contribution in [3.8, 4) is 11.5 Å². The van der Waals surface area contributed by atoms with Crippen LogP contribution in [0.1, 0.15) is 37.7 Å². The topological polar surface area (TPSA) is 128 Å². The van der Waals surface area contributed by atoms with Gasteiger partial charge in [0, 0.05) is 24.3 Å². The fourth-order valence-electron chi connectivity index (χ4n) is 4.46. The summed E-state index contributed by atoms with van der Waals surface area (Å²) in [4.78, 5) is 26.9. The standard InChI is InChI=1S/C29H33F2NO8/c30-29(31,20-38-22-11-4-3-5-12-22)17-16-24-23(25(33)18-26(24)34)13-6-1-2-7-15-28(35)40-27-14-9-8-10-21(27)19-39-32(36)37/h1,3-6,8-12,14,16-17,23-26,33-34H,2,7,13,15,18-20H2/b6-1-,17-16+/t23-,24-,25+,26-/m1/s1. The number of nitrogens with zero attached hydrogens (tertiary/aromatic N) is 1. The second-order valence-corrected chi connectivity index (χ2v) is 9.51. The predicted molar refractivity (Wildman–Crippen MR) is 141 cm³/mol. The first kappa shape index (κ1) is 30.7. The van der Waals surface area contributed by atoms with E-state index in [1.807, 2.05) is 6.08 Å². The first-order valence-corrected chi connectivity index (χ1v) is 13.0. The third kappa shape index (κ3) is 10.0. The zero-order valence-electron chi connectivity index (χ0n) is 21.8. The van der Waals surface area contributed by atoms with Crippen molar-refractivity contribution >= 4 is 5.97 Å². The Kier molecular flexibility index (Phi) is 11.6. The normalized spacial score (nSPS) is 21.1. The van der Waals surface area contributed by atoms with Gasteiger partial charge in [0.15, 0.2) is 6.61 Å². The molecule has 1 aliphatic carbocycles. The summed E-state index contributed by atoms with van der Waals surface area (Å²) in [7, 11) is 0. The van der Waals surface area contributed by atoms with Crippen molar-refractivity contribution in [3.63, 3.8) is 0 Å². The van der Waals surface area contributed by atoms with Gasteiger partial charge in [-0.2, -0.15) is 8.78 Å². The second-order valence-electron chi connectivity index (χ2n) is 9.51. The first-order chi connectivity index (χ1) is 19.1. The Balaban J connectivity index is 1.43. The van der Waals surface area contributed by atoms with Crippen LogP contribution >= 0.6 is 0 Å². The van der Waals surface area contributed by atoms with Gasteiger partial charge in [0.05, 0.1) is 12.2 Å². The first-order valence-electron chi connectivity index (χ1n) is 13.0. The minimum absolute atomic E-state index is 0.0968. The molecule has 216 valence electrons. The quantitative estimate of drug-likeness (QED) is 0.0773. The summed E-state index contributed by atoms with van der Waals surface area (Å²) in [5.74, 6) is -4.31. The van der Waals surface area contributed by atoms with Gasteiger partial charge >= 0.3 is 5.97 Å². The van der Waals surface area contributed by atoms with Crippen LogP contribution in [0.3, 0.4) is 0 Å². The third-order valence-corrected chi connectivity index (χ3v) is 6.50. The lowest BCUT2D eigenvalue weighted by Gasteiger charge is -2.20. The number of unbranched alkanes of at least 4 members (excludes halogenated alkanes) is 1. The molecule has 1 aliphatic rings. The van der Waals surface area contributed by atoms with Crippen LogP contribution in [0.25, 0.3) is 0 Å². The van der Waals surface area contributed by atoms with E-state index < -0.39 is 47.6 Å². The van der Waals surface area contributed by atoms with Crippen LogP contribution in [0, 0.1) is 22.0 Å². The molecule has 40 heavy (non-hydrogen) atoms. The number of para-hydroxylation sites is 2. The van der Waals surface area contributed by atoms with Crippen molar-refractivity contribution in [1.29, 1.82) is 0 Å². The van der Waals surface area contributed by atoms with Crippen molar-refractivity contribution in [1.82, 2.24) is 0 Å². The van der Waals surface area contributed by atoms with E-state index in [1.54, 1.807) is 54.6 Å². The lowest BCUT2D eigenvalue weighted by Crippen LogP contribution is -2.25. The highest BCUT2D eigenvalue weighted by atomic mass is 19.3. The molecular weight excluding hydrogens is 528 g/mol. The van der Waals surface area contributed by atoms with Gasteiger partial charge in [0.1, 0.15) is 18.1 Å². The highest BCUT2D eigenvalue weighted by Gasteiger charge is 2.40. The number of esters is 1. The fraction of sp³-hybridized carbons (Fsp3) is 0.414. The lowest BCUT2D eigenvalue weighted by molar-refractivity contribution is -0.763. The third-order valence-electron chi connectivity index (χ3n) is 6.50. The maximum absolute atomic E-state index is 14.4. The molecule has 3 rings (SSSR count). The summed E-state index contributed by atoms with van der Waals surface area (Å²) in [5.41, 5.74) is 0.370. The van der Waals surface area contributed by atoms with Crippen LogP contribution in [0.5, 0.6) is 11.5 Å². The van der Waals surface area contributed by atoms with E-state index in [2.05, 4.69) is 4.84 Å². The molecule has 2 aromatic carbocycles. The van der Waals surface area contributed by atoms with Gasteiger partial charge in [-0.05, 0) is 49.5 Å². The van der Waals surface area contributed by atoms with E-state index in [-0.39, 0.29) is 25.2 Å². The number of carbonyl (C=O) groups excluding carboxylic acids is 1. The Morgan fingerprint density at radius 3 is 2.55 bits per heavy atom. The number of rotatable bonds is 15. The number of halogens is 2. The van der Waals surface area contributed by atoms with Crippen molar-refractivity contribution in [2.45, 2.75) is 56.8 Å². The van der Waals surface area contributed by atoms with E-state index in [0.29, 0.717) is 30.6 Å². The van der Waals surface area contributed by atoms with E-state index in [1.165, 1.54) is 12.1 Å². The van der Waals surface area contributed by atoms with Gasteiger partial charge in [0.2, 0.25) is 0 Å². The Hall–Kier alpha value is -3.83. The molecular formula is C29H33F2NO8. The Labute approximate surface area is 230 Å². The summed E-state index contributed by atoms with van der Waals surface area (Å²) in [6.45, 7) is -1.18. The highest BCUT2D eigenvalue weighted by Crippen LogP contribution is 2.37. The molecule has 1 saturated carbocycles. The number of benzene rings is 2. The average Bonchev–Trinajstić information content (AvgIpc) is 3.20. The van der Waals surface area contributed by atoms with Crippen molar-refractivity contribution in [2.75, 3.05) is 6.61 Å². The Bertz CT molecular complexity index is 1160. The minimum atomic E-state index is -3.25. The smallest absolute Gasteiger partial charge is 0.311 e. The summed E-state index contributed by atoms with van der Waals surface area (Å²) in [5, 5.41) is 30.2. The molecule has 0 radical (unpaired) electrons. The molecule has 9 nitrogen and oxygen atoms in total. The van der Waals surface area contributed by atoms with Crippen molar-refractivity contribution < 1.29 is 43.2 Å². The number of carbonyl (C=O) groups is 1. The maximum atomic E-state index is 14.4. The number of allylic oxidation sites excluding steroid dienone is 2. The Morgan fingerprint density at radius 2 is 1.80 bits per heavy atom. The Morgan fingerprint density at radius 1 is 1.07 bits per heavy atom. The molecule has 4 atom stereocenters. The van der Waals surface area contributed by atoms with Crippen LogP contribution < -0.4 is 9.47 Å². The van der Waals surface area contributed by atoms with Crippen molar-refractivity contribution in [2.24, 2.45) is 11.8 Å². The molecule has 0 spiro atoms. The van der Waals surface area contributed by atoms with Gasteiger partial charge in [-0.3, -0.25) is 4.79 Å². The molecule has 0 unspecified atom stereocenters. The molecule has 1 fully saturated rings. The highest BCUT2D eigenvalue weighted by molar-refractivity contribution is 5.72. The summed E-state index contributed by atoms with van der Waals surface area (Å²) < 4.78 is 39.2. The average molecular weight is 562 g/mol. The fourth-order valence-corrected chi connectivity index (χ4v) is 4.46. The van der Waals surface area contributed by atoms with E-state index in [9.17, 15) is 33.9 Å². The molecule has 0 heterocycles. The van der Waals surface area contributed by atoms with Gasteiger partial charge in [-0.15, -0.1) is 10.1 Å². The summed E-state index contributed by atoms with van der Waals surface area (Å²) >= 11 is 0. The van der Waals surface area contributed by atoms with Crippen LogP contribution in [0.15, 0.2) is 78.9 Å². The summed E-state index contributed by atoms with van der Waals surface area (Å²) in [6.07, 6.45) is 5.41. The lowest BCUT2D eigenvalue weighted by atomic mass is 9.89. The van der Waals surface area contributed by atoms with Crippen LogP contribution in [0.2, 0.25) is 0 Å². The van der Waals surface area contributed by atoms with Gasteiger partial charge < -0.3 is 24.5 Å². The SMILES string of the molecule is O=C(CCC/C=C\C[C@@H]1[C@@H](/C=C/C(F)(F)COc2ccccc2)[C@H](O)C[C@@H]1O)Oc1ccccc1CO[N+](=O)[O-]. The van der Waals surface area contributed by atoms with Gasteiger partial charge in [-0.25, -0.2) is 0 Å². The summed E-state index contributed by atoms with van der Waals surface area (Å²) in [6, 6.07) is 14.7.